The molecule has 0 aromatic heterocycles. The molecule has 1 atom stereocenters. The van der Waals surface area contributed by atoms with Crippen LogP contribution in [0.4, 0.5) is 35.0 Å². The number of anilines is 3. The highest BCUT2D eigenvalue weighted by molar-refractivity contribution is 7.93. The fourth-order valence-electron chi connectivity index (χ4n) is 4.74. The molecule has 0 bridgehead atoms. The summed E-state index contributed by atoms with van der Waals surface area (Å²) < 4.78 is 72.7. The van der Waals surface area contributed by atoms with Crippen molar-refractivity contribution in [2.75, 3.05) is 32.9 Å². The Labute approximate surface area is 213 Å². The lowest BCUT2D eigenvalue weighted by Crippen LogP contribution is -2.51. The van der Waals surface area contributed by atoms with Gasteiger partial charge in [-0.2, -0.15) is 13.2 Å². The number of alkyl halides is 3. The van der Waals surface area contributed by atoms with Crippen LogP contribution in [-0.2, 0) is 25.7 Å². The zero-order valence-corrected chi connectivity index (χ0v) is 21.7. The summed E-state index contributed by atoms with van der Waals surface area (Å²) in [4.78, 5) is 28.2. The van der Waals surface area contributed by atoms with Crippen LogP contribution in [0.5, 0.6) is 0 Å². The number of amides is 2. The lowest BCUT2D eigenvalue weighted by atomic mass is 9.98. The number of sulfonamides is 1. The quantitative estimate of drug-likeness (QED) is 0.547. The molecule has 0 spiro atoms. The van der Waals surface area contributed by atoms with Crippen LogP contribution in [0.1, 0.15) is 39.7 Å². The Morgan fingerprint density at radius 2 is 1.76 bits per heavy atom. The molecule has 0 aliphatic carbocycles. The van der Waals surface area contributed by atoms with Gasteiger partial charge in [0.25, 0.3) is 0 Å². The first-order valence-corrected chi connectivity index (χ1v) is 13.4. The highest BCUT2D eigenvalue weighted by Crippen LogP contribution is 2.42. The SMILES string of the molecule is CC(=O)N1c2ccc(-c3cc(N4CCCS4(=O)=O)cc(C(F)(F)F)c3)cc2N(C(=O)OC(C)C)CC1C. The zero-order valence-electron chi connectivity index (χ0n) is 20.9. The Balaban J connectivity index is 1.88. The van der Waals surface area contributed by atoms with Gasteiger partial charge in [0.2, 0.25) is 15.9 Å². The van der Waals surface area contributed by atoms with E-state index in [0.29, 0.717) is 23.4 Å². The predicted octanol–water partition coefficient (Wildman–Crippen LogP) is 5.02. The number of fused-ring (bicyclic) bond motifs is 1. The molecule has 1 fully saturated rings. The molecular weight excluding hydrogens is 511 g/mol. The van der Waals surface area contributed by atoms with Gasteiger partial charge in [0, 0.05) is 20.0 Å². The third kappa shape index (κ3) is 5.25. The van der Waals surface area contributed by atoms with Crippen LogP contribution in [0.2, 0.25) is 0 Å². The summed E-state index contributed by atoms with van der Waals surface area (Å²) in [5, 5.41) is 0. The molecule has 2 aliphatic rings. The van der Waals surface area contributed by atoms with E-state index in [0.717, 1.165) is 16.4 Å². The zero-order chi connectivity index (χ0) is 27.3. The molecule has 200 valence electrons. The molecule has 2 aromatic carbocycles. The third-order valence-electron chi connectivity index (χ3n) is 6.28. The highest BCUT2D eigenvalue weighted by Gasteiger charge is 2.37. The van der Waals surface area contributed by atoms with Gasteiger partial charge in [-0.25, -0.2) is 13.2 Å². The van der Waals surface area contributed by atoms with E-state index in [2.05, 4.69) is 0 Å². The van der Waals surface area contributed by atoms with E-state index >= 15 is 0 Å². The molecule has 2 aliphatic heterocycles. The van der Waals surface area contributed by atoms with E-state index in [4.69, 9.17) is 4.74 Å². The summed E-state index contributed by atoms with van der Waals surface area (Å²) in [5.41, 5.74) is 0.113. The first kappa shape index (κ1) is 26.8. The number of benzene rings is 2. The van der Waals surface area contributed by atoms with Crippen molar-refractivity contribution in [3.8, 4) is 11.1 Å². The number of halogens is 3. The van der Waals surface area contributed by atoms with Gasteiger partial charge in [0.05, 0.1) is 40.5 Å². The molecule has 8 nitrogen and oxygen atoms in total. The van der Waals surface area contributed by atoms with Crippen LogP contribution >= 0.6 is 0 Å². The van der Waals surface area contributed by atoms with Gasteiger partial charge in [-0.1, -0.05) is 6.07 Å². The summed E-state index contributed by atoms with van der Waals surface area (Å²) in [6, 6.07) is 7.45. The molecule has 37 heavy (non-hydrogen) atoms. The van der Waals surface area contributed by atoms with Gasteiger partial charge in [-0.3, -0.25) is 14.0 Å². The van der Waals surface area contributed by atoms with Crippen LogP contribution in [0.3, 0.4) is 0 Å². The Hall–Kier alpha value is -3.28. The number of carbonyl (C=O) groups is 2. The Morgan fingerprint density at radius 3 is 2.32 bits per heavy atom. The second kappa shape index (κ2) is 9.55. The Morgan fingerprint density at radius 1 is 1.05 bits per heavy atom. The molecular formula is C25H28F3N3O5S. The molecule has 0 N–H and O–H groups in total. The van der Waals surface area contributed by atoms with Gasteiger partial charge in [0.15, 0.2) is 0 Å². The summed E-state index contributed by atoms with van der Waals surface area (Å²) in [6.07, 6.45) is -5.44. The van der Waals surface area contributed by atoms with Crippen molar-refractivity contribution < 1.29 is 35.9 Å². The minimum absolute atomic E-state index is 0.0740. The van der Waals surface area contributed by atoms with E-state index < -0.39 is 34.0 Å². The van der Waals surface area contributed by atoms with Crippen LogP contribution in [-0.4, -0.2) is 51.4 Å². The number of ether oxygens (including phenoxy) is 1. The van der Waals surface area contributed by atoms with Crippen molar-refractivity contribution in [1.82, 2.24) is 0 Å². The molecule has 1 saturated heterocycles. The van der Waals surface area contributed by atoms with Crippen LogP contribution in [0, 0.1) is 0 Å². The largest absolute Gasteiger partial charge is 0.446 e. The van der Waals surface area contributed by atoms with Crippen molar-refractivity contribution in [3.63, 3.8) is 0 Å². The highest BCUT2D eigenvalue weighted by atomic mass is 32.2. The maximum atomic E-state index is 13.8. The van der Waals surface area contributed by atoms with Gasteiger partial charge in [0.1, 0.15) is 0 Å². The molecule has 2 aromatic rings. The van der Waals surface area contributed by atoms with Crippen LogP contribution in [0.15, 0.2) is 36.4 Å². The molecule has 4 rings (SSSR count). The van der Waals surface area contributed by atoms with Crippen molar-refractivity contribution in [2.45, 2.75) is 52.4 Å². The summed E-state index contributed by atoms with van der Waals surface area (Å²) in [7, 11) is -3.72. The average molecular weight is 540 g/mol. The number of hydrogen-bond acceptors (Lipinski definition) is 5. The van der Waals surface area contributed by atoms with Crippen molar-refractivity contribution in [3.05, 3.63) is 42.0 Å². The Bertz CT molecular complexity index is 1340. The molecule has 2 heterocycles. The van der Waals surface area contributed by atoms with Gasteiger partial charge in [-0.05, 0) is 68.7 Å². The third-order valence-corrected chi connectivity index (χ3v) is 8.14. The van der Waals surface area contributed by atoms with E-state index in [-0.39, 0.29) is 42.0 Å². The molecule has 1 unspecified atom stereocenters. The van der Waals surface area contributed by atoms with E-state index in [1.807, 2.05) is 0 Å². The maximum absolute atomic E-state index is 13.8. The van der Waals surface area contributed by atoms with Crippen LogP contribution in [0.25, 0.3) is 11.1 Å². The minimum Gasteiger partial charge on any atom is -0.446 e. The fourth-order valence-corrected chi connectivity index (χ4v) is 6.29. The first-order chi connectivity index (χ1) is 17.2. The second-order valence-electron chi connectivity index (χ2n) is 9.49. The predicted molar refractivity (Wildman–Crippen MR) is 134 cm³/mol. The maximum Gasteiger partial charge on any atom is 0.416 e. The van der Waals surface area contributed by atoms with Gasteiger partial charge >= 0.3 is 12.3 Å². The normalized spacial score (nSPS) is 19.2. The second-order valence-corrected chi connectivity index (χ2v) is 11.5. The molecule has 0 radical (unpaired) electrons. The number of hydrogen-bond donors (Lipinski definition) is 0. The lowest BCUT2D eigenvalue weighted by molar-refractivity contribution is -0.137. The topological polar surface area (TPSA) is 87.2 Å². The molecule has 12 heteroatoms. The summed E-state index contributed by atoms with van der Waals surface area (Å²) in [6.45, 7) is 6.78. The van der Waals surface area contributed by atoms with Crippen LogP contribution < -0.4 is 14.1 Å². The average Bonchev–Trinajstić information content (AvgIpc) is 3.15. The standard InChI is InChI=1S/C25H28F3N3O5S/c1-15(2)36-24(33)29-14-16(3)31(17(4)32)22-7-6-18(12-23(22)29)19-10-20(25(26,27)28)13-21(11-19)30-8-5-9-37(30,34)35/h6-7,10-13,15-16H,5,8-9,14H2,1-4H3. The lowest BCUT2D eigenvalue weighted by Gasteiger charge is -2.40. The van der Waals surface area contributed by atoms with Gasteiger partial charge in [-0.15, -0.1) is 0 Å². The number of rotatable bonds is 3. The summed E-state index contributed by atoms with van der Waals surface area (Å²) in [5.74, 6) is -0.386. The van der Waals surface area contributed by atoms with Crippen molar-refractivity contribution in [1.29, 1.82) is 0 Å². The van der Waals surface area contributed by atoms with Crippen molar-refractivity contribution >= 4 is 39.1 Å². The van der Waals surface area contributed by atoms with E-state index in [9.17, 15) is 31.2 Å². The molecule has 2 amide bonds. The number of nitrogens with zero attached hydrogens (tertiary/aromatic N) is 3. The monoisotopic (exact) mass is 539 g/mol. The van der Waals surface area contributed by atoms with Gasteiger partial charge < -0.3 is 9.64 Å². The smallest absolute Gasteiger partial charge is 0.416 e. The van der Waals surface area contributed by atoms with E-state index in [1.54, 1.807) is 32.9 Å². The minimum atomic E-state index is -4.71. The summed E-state index contributed by atoms with van der Waals surface area (Å²) >= 11 is 0. The van der Waals surface area contributed by atoms with Crippen molar-refractivity contribution in [2.24, 2.45) is 0 Å². The number of carbonyl (C=O) groups excluding carboxylic acids is 2. The fraction of sp³-hybridized carbons (Fsp3) is 0.440. The van der Waals surface area contributed by atoms with E-state index in [1.165, 1.54) is 28.9 Å². The Kier molecular flexibility index (Phi) is 6.91. The first-order valence-electron chi connectivity index (χ1n) is 11.8. The molecule has 0 saturated carbocycles.